The molecule has 0 aromatic heterocycles. The highest BCUT2D eigenvalue weighted by atomic mass is 16.6. The standard InChI is InChI=1S/C63H112O6/c1-4-7-10-13-16-19-22-25-27-29-31-33-35-38-41-44-47-50-53-56-62(65)68-59-60(58-67-61(64)55-52-49-46-43-40-37-24-21-18-15-12-9-6-3)69-63(66)57-54-51-48-45-42-39-36-34-32-30-28-26-23-20-17-14-11-8-5-2/h7,10,16,19,25,27,31,33,37,40,60H,4-6,8-9,11-15,17-18,20-24,26,28-30,32,34-36,38-39,41-59H2,1-3H3/b10-7-,19-16-,27-25-,33-31-,40-37-. The van der Waals surface area contributed by atoms with Gasteiger partial charge in [-0.1, -0.05) is 261 Å². The fourth-order valence-electron chi connectivity index (χ4n) is 8.55. The Morgan fingerprint density at radius 2 is 0.565 bits per heavy atom. The van der Waals surface area contributed by atoms with E-state index in [1.54, 1.807) is 0 Å². The Labute approximate surface area is 428 Å². The van der Waals surface area contributed by atoms with E-state index in [0.717, 1.165) is 103 Å². The Hall–Kier alpha value is -2.89. The molecule has 0 fully saturated rings. The highest BCUT2D eigenvalue weighted by Gasteiger charge is 2.19. The molecular weight excluding hydrogens is 853 g/mol. The Bertz CT molecular complexity index is 1250. The lowest BCUT2D eigenvalue weighted by Gasteiger charge is -2.18. The summed E-state index contributed by atoms with van der Waals surface area (Å²) in [5, 5.41) is 0. The van der Waals surface area contributed by atoms with Gasteiger partial charge in [-0.3, -0.25) is 14.4 Å². The van der Waals surface area contributed by atoms with Crippen molar-refractivity contribution in [3.8, 4) is 0 Å². The minimum Gasteiger partial charge on any atom is -0.462 e. The normalized spacial score (nSPS) is 12.4. The lowest BCUT2D eigenvalue weighted by molar-refractivity contribution is -0.167. The van der Waals surface area contributed by atoms with Gasteiger partial charge in [-0.25, -0.2) is 0 Å². The average Bonchev–Trinajstić information content (AvgIpc) is 3.35. The maximum atomic E-state index is 12.9. The second kappa shape index (κ2) is 57.7. The van der Waals surface area contributed by atoms with Crippen LogP contribution >= 0.6 is 0 Å². The predicted octanol–water partition coefficient (Wildman–Crippen LogP) is 20.0. The van der Waals surface area contributed by atoms with E-state index < -0.39 is 6.10 Å². The molecule has 0 aliphatic carbocycles. The second-order valence-electron chi connectivity index (χ2n) is 19.9. The van der Waals surface area contributed by atoms with Crippen molar-refractivity contribution in [1.29, 1.82) is 0 Å². The number of hydrogen-bond donors (Lipinski definition) is 0. The van der Waals surface area contributed by atoms with Crippen LogP contribution in [0.15, 0.2) is 60.8 Å². The molecule has 0 aromatic rings. The lowest BCUT2D eigenvalue weighted by Crippen LogP contribution is -2.30. The molecule has 0 spiro atoms. The molecule has 0 saturated heterocycles. The first-order valence-corrected chi connectivity index (χ1v) is 29.8. The van der Waals surface area contributed by atoms with Crippen molar-refractivity contribution in [2.24, 2.45) is 0 Å². The van der Waals surface area contributed by atoms with Gasteiger partial charge in [-0.2, -0.15) is 0 Å². The van der Waals surface area contributed by atoms with Gasteiger partial charge < -0.3 is 14.2 Å². The quantitative estimate of drug-likeness (QED) is 0.0262. The van der Waals surface area contributed by atoms with Crippen molar-refractivity contribution in [2.75, 3.05) is 13.2 Å². The molecule has 0 aliphatic rings. The summed E-state index contributed by atoms with van der Waals surface area (Å²) in [6, 6.07) is 0. The van der Waals surface area contributed by atoms with Crippen LogP contribution < -0.4 is 0 Å². The van der Waals surface area contributed by atoms with Crippen LogP contribution in [0, 0.1) is 0 Å². The molecule has 400 valence electrons. The first kappa shape index (κ1) is 66.1. The van der Waals surface area contributed by atoms with E-state index >= 15 is 0 Å². The SMILES string of the molecule is CC/C=C\C/C=C\C/C=C\C/C=C\CCCCCCCCC(=O)OCC(COC(=O)CCCCC/C=C\CCCCCCCC)OC(=O)CCCCCCCCCCCCCCCCCCCCC. The largest absolute Gasteiger partial charge is 0.462 e. The zero-order valence-electron chi connectivity index (χ0n) is 45.8. The molecule has 0 saturated carbocycles. The smallest absolute Gasteiger partial charge is 0.306 e. The van der Waals surface area contributed by atoms with E-state index in [1.807, 2.05) is 0 Å². The fourth-order valence-corrected chi connectivity index (χ4v) is 8.55. The molecular formula is C63H112O6. The topological polar surface area (TPSA) is 78.9 Å². The van der Waals surface area contributed by atoms with Crippen LogP contribution in [0.25, 0.3) is 0 Å². The summed E-state index contributed by atoms with van der Waals surface area (Å²) in [6.07, 6.45) is 72.1. The van der Waals surface area contributed by atoms with Crippen LogP contribution in [0.2, 0.25) is 0 Å². The Morgan fingerprint density at radius 1 is 0.304 bits per heavy atom. The highest BCUT2D eigenvalue weighted by Crippen LogP contribution is 2.16. The maximum Gasteiger partial charge on any atom is 0.306 e. The second-order valence-corrected chi connectivity index (χ2v) is 19.9. The number of carbonyl (C=O) groups excluding carboxylic acids is 3. The number of rotatable bonds is 54. The molecule has 0 bridgehead atoms. The molecule has 6 heteroatoms. The van der Waals surface area contributed by atoms with Gasteiger partial charge in [0.2, 0.25) is 0 Å². The molecule has 0 radical (unpaired) electrons. The number of allylic oxidation sites excluding steroid dienone is 10. The number of esters is 3. The molecule has 1 unspecified atom stereocenters. The first-order valence-electron chi connectivity index (χ1n) is 29.8. The third-order valence-corrected chi connectivity index (χ3v) is 13.0. The van der Waals surface area contributed by atoms with Gasteiger partial charge >= 0.3 is 17.9 Å². The predicted molar refractivity (Wildman–Crippen MR) is 298 cm³/mol. The average molecular weight is 966 g/mol. The summed E-state index contributed by atoms with van der Waals surface area (Å²) in [5.41, 5.74) is 0. The molecule has 69 heavy (non-hydrogen) atoms. The van der Waals surface area contributed by atoms with Gasteiger partial charge in [-0.15, -0.1) is 0 Å². The van der Waals surface area contributed by atoms with Gasteiger partial charge in [0, 0.05) is 19.3 Å². The van der Waals surface area contributed by atoms with Crippen molar-refractivity contribution in [3.05, 3.63) is 60.8 Å². The van der Waals surface area contributed by atoms with Gasteiger partial charge in [0.05, 0.1) is 0 Å². The Kier molecular flexibility index (Phi) is 55.3. The Balaban J connectivity index is 4.37. The minimum absolute atomic E-state index is 0.0839. The molecule has 6 nitrogen and oxygen atoms in total. The summed E-state index contributed by atoms with van der Waals surface area (Å²) in [7, 11) is 0. The van der Waals surface area contributed by atoms with Gasteiger partial charge in [-0.05, 0) is 83.5 Å². The van der Waals surface area contributed by atoms with Crippen molar-refractivity contribution in [3.63, 3.8) is 0 Å². The number of hydrogen-bond acceptors (Lipinski definition) is 6. The molecule has 0 N–H and O–H groups in total. The minimum atomic E-state index is -0.785. The number of unbranched alkanes of at least 4 members (excludes halogenated alkanes) is 33. The van der Waals surface area contributed by atoms with Crippen molar-refractivity contribution >= 4 is 17.9 Å². The molecule has 0 aliphatic heterocycles. The van der Waals surface area contributed by atoms with Crippen LogP contribution in [0.5, 0.6) is 0 Å². The summed E-state index contributed by atoms with van der Waals surface area (Å²) < 4.78 is 16.9. The van der Waals surface area contributed by atoms with E-state index in [-0.39, 0.29) is 31.1 Å². The van der Waals surface area contributed by atoms with Crippen LogP contribution in [-0.4, -0.2) is 37.2 Å². The van der Waals surface area contributed by atoms with E-state index in [4.69, 9.17) is 14.2 Å². The van der Waals surface area contributed by atoms with Crippen LogP contribution in [0.1, 0.15) is 303 Å². The summed E-state index contributed by atoms with van der Waals surface area (Å²) in [5.74, 6) is -0.898. The highest BCUT2D eigenvalue weighted by molar-refractivity contribution is 5.71. The third kappa shape index (κ3) is 55.9. The molecule has 1 atom stereocenters. The van der Waals surface area contributed by atoms with Crippen LogP contribution in [0.4, 0.5) is 0 Å². The summed E-state index contributed by atoms with van der Waals surface area (Å²) >= 11 is 0. The van der Waals surface area contributed by atoms with E-state index in [2.05, 4.69) is 81.5 Å². The zero-order valence-corrected chi connectivity index (χ0v) is 45.8. The lowest BCUT2D eigenvalue weighted by atomic mass is 10.0. The van der Waals surface area contributed by atoms with Crippen molar-refractivity contribution in [2.45, 2.75) is 309 Å². The molecule has 0 aromatic carbocycles. The summed E-state index contributed by atoms with van der Waals surface area (Å²) in [4.78, 5) is 38.2. The van der Waals surface area contributed by atoms with Gasteiger partial charge in [0.1, 0.15) is 13.2 Å². The summed E-state index contributed by atoms with van der Waals surface area (Å²) in [6.45, 7) is 6.53. The molecule has 0 amide bonds. The van der Waals surface area contributed by atoms with E-state index in [9.17, 15) is 14.4 Å². The first-order chi connectivity index (χ1) is 34.0. The monoisotopic (exact) mass is 965 g/mol. The third-order valence-electron chi connectivity index (χ3n) is 13.0. The molecule has 0 heterocycles. The van der Waals surface area contributed by atoms with Crippen LogP contribution in [0.3, 0.4) is 0 Å². The van der Waals surface area contributed by atoms with Crippen molar-refractivity contribution < 1.29 is 28.6 Å². The van der Waals surface area contributed by atoms with Crippen molar-refractivity contribution in [1.82, 2.24) is 0 Å². The van der Waals surface area contributed by atoms with Crippen LogP contribution in [-0.2, 0) is 28.6 Å². The number of ether oxygens (including phenoxy) is 3. The zero-order chi connectivity index (χ0) is 50.0. The van der Waals surface area contributed by atoms with E-state index in [0.29, 0.717) is 19.3 Å². The Morgan fingerprint density at radius 3 is 0.913 bits per heavy atom. The number of carbonyl (C=O) groups is 3. The molecule has 0 rings (SSSR count). The van der Waals surface area contributed by atoms with Gasteiger partial charge in [0.15, 0.2) is 6.10 Å². The van der Waals surface area contributed by atoms with E-state index in [1.165, 1.54) is 161 Å². The van der Waals surface area contributed by atoms with Gasteiger partial charge in [0.25, 0.3) is 0 Å². The maximum absolute atomic E-state index is 12.9. The fraction of sp³-hybridized carbons (Fsp3) is 0.794.